The van der Waals surface area contributed by atoms with Crippen molar-refractivity contribution in [2.75, 3.05) is 0 Å². The Kier molecular flexibility index (Phi) is 4.49. The van der Waals surface area contributed by atoms with Crippen LogP contribution in [-0.4, -0.2) is 15.7 Å². The van der Waals surface area contributed by atoms with E-state index in [4.69, 9.17) is 10.9 Å². The van der Waals surface area contributed by atoms with Crippen molar-refractivity contribution < 1.29 is 4.79 Å². The van der Waals surface area contributed by atoms with Gasteiger partial charge < -0.3 is 0 Å². The van der Waals surface area contributed by atoms with Gasteiger partial charge in [0.25, 0.3) is 0 Å². The molecule has 3 N–H and O–H groups in total. The lowest BCUT2D eigenvalue weighted by molar-refractivity contribution is -0.121. The summed E-state index contributed by atoms with van der Waals surface area (Å²) in [6, 6.07) is 19.9. The van der Waals surface area contributed by atoms with E-state index in [2.05, 4.69) is 5.43 Å². The van der Waals surface area contributed by atoms with Gasteiger partial charge in [0, 0.05) is 18.2 Å². The fraction of sp³-hybridized carbons (Fsp3) is 0.111. The van der Waals surface area contributed by atoms with Gasteiger partial charge in [-0.25, -0.2) is 10.5 Å². The van der Waals surface area contributed by atoms with Crippen LogP contribution < -0.4 is 11.3 Å². The number of aryl methyl sites for hydroxylation is 1. The molecule has 1 heterocycles. The van der Waals surface area contributed by atoms with Crippen LogP contribution in [0, 0.1) is 0 Å². The molecule has 5 nitrogen and oxygen atoms in total. The van der Waals surface area contributed by atoms with Crippen molar-refractivity contribution in [3.63, 3.8) is 0 Å². The Balaban J connectivity index is 1.98. The Morgan fingerprint density at radius 2 is 1.70 bits per heavy atom. The van der Waals surface area contributed by atoms with E-state index in [9.17, 15) is 4.79 Å². The minimum Gasteiger partial charge on any atom is -0.294 e. The van der Waals surface area contributed by atoms with Crippen molar-refractivity contribution in [3.05, 3.63) is 72.4 Å². The second-order valence-corrected chi connectivity index (χ2v) is 5.22. The van der Waals surface area contributed by atoms with Gasteiger partial charge in [0.15, 0.2) is 0 Å². The molecule has 0 fully saturated rings. The van der Waals surface area contributed by atoms with Crippen LogP contribution in [0.4, 0.5) is 0 Å². The summed E-state index contributed by atoms with van der Waals surface area (Å²) in [6.07, 6.45) is 2.89. The molecule has 1 amide bonds. The Morgan fingerprint density at radius 3 is 2.35 bits per heavy atom. The number of hydrazine groups is 1. The summed E-state index contributed by atoms with van der Waals surface area (Å²) < 4.78 is 1.85. The number of nitrogens with two attached hydrogens (primary N) is 1. The van der Waals surface area contributed by atoms with Crippen LogP contribution in [0.3, 0.4) is 0 Å². The van der Waals surface area contributed by atoms with Gasteiger partial charge in [-0.1, -0.05) is 48.5 Å². The first-order valence-electron chi connectivity index (χ1n) is 7.47. The van der Waals surface area contributed by atoms with Crippen LogP contribution in [0.5, 0.6) is 0 Å². The highest BCUT2D eigenvalue weighted by Gasteiger charge is 2.13. The Hall–Kier alpha value is -2.92. The number of rotatable bonds is 5. The molecule has 2 aromatic carbocycles. The molecule has 0 saturated carbocycles. The molecule has 0 aliphatic rings. The largest absolute Gasteiger partial charge is 0.294 e. The van der Waals surface area contributed by atoms with E-state index < -0.39 is 0 Å². The molecular formula is C18H18N4O. The molecular weight excluding hydrogens is 288 g/mol. The topological polar surface area (TPSA) is 72.9 Å². The molecule has 1 aromatic heterocycles. The van der Waals surface area contributed by atoms with Gasteiger partial charge in [-0.05, 0) is 24.1 Å². The molecule has 3 aromatic rings. The molecule has 0 unspecified atom stereocenters. The van der Waals surface area contributed by atoms with Crippen molar-refractivity contribution >= 4 is 5.91 Å². The number of hydrogen-bond acceptors (Lipinski definition) is 3. The summed E-state index contributed by atoms with van der Waals surface area (Å²) in [5, 5.41) is 4.71. The first-order chi connectivity index (χ1) is 11.3. The average Bonchev–Trinajstić information content (AvgIpc) is 3.05. The molecule has 3 rings (SSSR count). The second-order valence-electron chi connectivity index (χ2n) is 5.22. The standard InChI is InChI=1S/C18H18N4O/c19-20-17(23)12-11-15-13-22(16-9-5-2-6-10-16)21-18(15)14-7-3-1-4-8-14/h1-10,13H,11-12,19H2,(H,20,23). The number of carbonyl (C=O) groups is 1. The number of nitrogens with one attached hydrogen (secondary N) is 1. The molecule has 23 heavy (non-hydrogen) atoms. The van der Waals surface area contributed by atoms with Crippen LogP contribution >= 0.6 is 0 Å². The third-order valence-electron chi connectivity index (χ3n) is 3.64. The van der Waals surface area contributed by atoms with Gasteiger partial charge in [0.1, 0.15) is 0 Å². The number of carbonyl (C=O) groups excluding carboxylic acids is 1. The summed E-state index contributed by atoms with van der Waals surface area (Å²) in [5.41, 5.74) is 6.09. The average molecular weight is 306 g/mol. The van der Waals surface area contributed by atoms with Gasteiger partial charge >= 0.3 is 0 Å². The van der Waals surface area contributed by atoms with Gasteiger partial charge in [-0.2, -0.15) is 5.10 Å². The van der Waals surface area contributed by atoms with Crippen molar-refractivity contribution in [1.29, 1.82) is 0 Å². The Morgan fingerprint density at radius 1 is 1.04 bits per heavy atom. The Bertz CT molecular complexity index is 781. The molecule has 0 bridgehead atoms. The predicted molar refractivity (Wildman–Crippen MR) is 89.7 cm³/mol. The quantitative estimate of drug-likeness (QED) is 0.432. The first kappa shape index (κ1) is 15.0. The fourth-order valence-electron chi connectivity index (χ4n) is 2.47. The summed E-state index contributed by atoms with van der Waals surface area (Å²) in [6.45, 7) is 0. The van der Waals surface area contributed by atoms with Crippen molar-refractivity contribution in [3.8, 4) is 16.9 Å². The van der Waals surface area contributed by atoms with Crippen LogP contribution in [0.25, 0.3) is 16.9 Å². The molecule has 0 spiro atoms. The van der Waals surface area contributed by atoms with Gasteiger partial charge in [-0.3, -0.25) is 10.2 Å². The molecule has 0 saturated heterocycles. The third kappa shape index (κ3) is 3.46. The number of aromatic nitrogens is 2. The number of para-hydroxylation sites is 1. The zero-order valence-electron chi connectivity index (χ0n) is 12.6. The van der Waals surface area contributed by atoms with Crippen molar-refractivity contribution in [2.24, 2.45) is 5.84 Å². The molecule has 0 aliphatic carbocycles. The highest BCUT2D eigenvalue weighted by atomic mass is 16.2. The number of benzene rings is 2. The first-order valence-corrected chi connectivity index (χ1v) is 7.47. The van der Waals surface area contributed by atoms with E-state index in [1.165, 1.54) is 0 Å². The summed E-state index contributed by atoms with van der Waals surface area (Å²) in [4.78, 5) is 11.4. The minimum absolute atomic E-state index is 0.184. The smallest absolute Gasteiger partial charge is 0.234 e. The van der Waals surface area contributed by atoms with E-state index in [0.717, 1.165) is 22.5 Å². The number of amides is 1. The monoisotopic (exact) mass is 306 g/mol. The SMILES string of the molecule is NNC(=O)CCc1cn(-c2ccccc2)nc1-c1ccccc1. The maximum absolute atomic E-state index is 11.4. The van der Waals surface area contributed by atoms with E-state index in [-0.39, 0.29) is 5.91 Å². The Labute approximate surface area is 134 Å². The van der Waals surface area contributed by atoms with Crippen LogP contribution in [-0.2, 0) is 11.2 Å². The highest BCUT2D eigenvalue weighted by molar-refractivity contribution is 5.76. The number of hydrogen-bond donors (Lipinski definition) is 2. The van der Waals surface area contributed by atoms with Crippen LogP contribution in [0.2, 0.25) is 0 Å². The summed E-state index contributed by atoms with van der Waals surface area (Å²) in [5.74, 6) is 4.98. The zero-order chi connectivity index (χ0) is 16.1. The van der Waals surface area contributed by atoms with E-state index in [0.29, 0.717) is 12.8 Å². The minimum atomic E-state index is -0.184. The van der Waals surface area contributed by atoms with Gasteiger partial charge in [-0.15, -0.1) is 0 Å². The van der Waals surface area contributed by atoms with Crippen LogP contribution in [0.15, 0.2) is 66.9 Å². The molecule has 116 valence electrons. The second kappa shape index (κ2) is 6.89. The summed E-state index contributed by atoms with van der Waals surface area (Å²) in [7, 11) is 0. The highest BCUT2D eigenvalue weighted by Crippen LogP contribution is 2.24. The lowest BCUT2D eigenvalue weighted by Gasteiger charge is -2.02. The van der Waals surface area contributed by atoms with E-state index in [1.807, 2.05) is 71.5 Å². The predicted octanol–water partition coefficient (Wildman–Crippen LogP) is 2.46. The molecule has 0 aliphatic heterocycles. The molecule has 5 heteroatoms. The fourth-order valence-corrected chi connectivity index (χ4v) is 2.47. The maximum Gasteiger partial charge on any atom is 0.234 e. The molecule has 0 radical (unpaired) electrons. The van der Waals surface area contributed by atoms with Crippen LogP contribution in [0.1, 0.15) is 12.0 Å². The van der Waals surface area contributed by atoms with E-state index >= 15 is 0 Å². The lowest BCUT2D eigenvalue weighted by atomic mass is 10.0. The maximum atomic E-state index is 11.4. The van der Waals surface area contributed by atoms with Gasteiger partial charge in [0.05, 0.1) is 11.4 Å². The normalized spacial score (nSPS) is 10.5. The van der Waals surface area contributed by atoms with Crippen molar-refractivity contribution in [1.82, 2.24) is 15.2 Å². The van der Waals surface area contributed by atoms with Gasteiger partial charge in [0.2, 0.25) is 5.91 Å². The number of nitrogens with zero attached hydrogens (tertiary/aromatic N) is 2. The third-order valence-corrected chi connectivity index (χ3v) is 3.64. The zero-order valence-corrected chi connectivity index (χ0v) is 12.6. The molecule has 0 atom stereocenters. The summed E-state index contributed by atoms with van der Waals surface area (Å²) >= 11 is 0. The lowest BCUT2D eigenvalue weighted by Crippen LogP contribution is -2.30. The van der Waals surface area contributed by atoms with E-state index in [1.54, 1.807) is 0 Å². The van der Waals surface area contributed by atoms with Crippen molar-refractivity contribution in [2.45, 2.75) is 12.8 Å².